The number of nitrogens with one attached hydrogen (secondary N) is 1. The van der Waals surface area contributed by atoms with Crippen LogP contribution in [0.15, 0.2) is 59.1 Å². The van der Waals surface area contributed by atoms with Crippen molar-refractivity contribution in [2.24, 2.45) is 0 Å². The highest BCUT2D eigenvalue weighted by molar-refractivity contribution is 9.10. The molecule has 38 heavy (non-hydrogen) atoms. The largest absolute Gasteiger partial charge is 0.505 e. The maximum Gasteiger partial charge on any atom is 0.267 e. The minimum Gasteiger partial charge on any atom is -0.505 e. The minimum atomic E-state index is -3.36. The van der Waals surface area contributed by atoms with Crippen LogP contribution in [-0.4, -0.2) is 74.1 Å². The van der Waals surface area contributed by atoms with Crippen molar-refractivity contribution in [2.75, 3.05) is 44.7 Å². The lowest BCUT2D eigenvalue weighted by Gasteiger charge is -2.32. The van der Waals surface area contributed by atoms with Crippen LogP contribution in [0.1, 0.15) is 28.1 Å². The molecule has 0 spiro atoms. The van der Waals surface area contributed by atoms with Gasteiger partial charge in [-0.25, -0.2) is 12.7 Å². The number of carbonyl (C=O) groups is 1. The minimum absolute atomic E-state index is 0.0204. The number of aromatic hydroxyl groups is 1. The summed E-state index contributed by atoms with van der Waals surface area (Å²) in [4.78, 5) is 15.8. The number of halogens is 1. The van der Waals surface area contributed by atoms with E-state index in [-0.39, 0.29) is 23.5 Å². The van der Waals surface area contributed by atoms with Gasteiger partial charge in [0.25, 0.3) is 5.91 Å². The maximum absolute atomic E-state index is 13.0. The standard InChI is InChI=1S/C27H30BrN3O5S2/c28-23-24(32)26(27(33)30-13-15-36-16-14-30)37-25(23)20-7-4-8-22(17-20)29-21-9-11-31(12-10-21)38(34,35)18-19-5-2-1-3-6-19/h1-8,17,21,29,32H,9-16,18H2. The molecule has 0 unspecified atom stereocenters. The summed E-state index contributed by atoms with van der Waals surface area (Å²) in [5.74, 6) is -0.207. The third kappa shape index (κ3) is 6.07. The average molecular weight is 621 g/mol. The zero-order valence-corrected chi connectivity index (χ0v) is 24.0. The molecule has 2 N–H and O–H groups in total. The van der Waals surface area contributed by atoms with E-state index >= 15 is 0 Å². The quantitative estimate of drug-likeness (QED) is 0.395. The molecule has 1 amide bonds. The molecule has 202 valence electrons. The van der Waals surface area contributed by atoms with Gasteiger partial charge in [-0.15, -0.1) is 11.3 Å². The first kappa shape index (κ1) is 27.1. The second-order valence-corrected chi connectivity index (χ2v) is 13.3. The van der Waals surface area contributed by atoms with Crippen LogP contribution in [0.4, 0.5) is 5.69 Å². The van der Waals surface area contributed by atoms with Gasteiger partial charge >= 0.3 is 0 Å². The Hall–Kier alpha value is -2.44. The number of hydrogen-bond acceptors (Lipinski definition) is 7. The van der Waals surface area contributed by atoms with Crippen LogP contribution in [-0.2, 0) is 20.5 Å². The number of benzene rings is 2. The van der Waals surface area contributed by atoms with Crippen LogP contribution in [0.3, 0.4) is 0 Å². The van der Waals surface area contributed by atoms with Crippen LogP contribution >= 0.6 is 27.3 Å². The topological polar surface area (TPSA) is 99.2 Å². The monoisotopic (exact) mass is 619 g/mol. The highest BCUT2D eigenvalue weighted by Crippen LogP contribution is 2.45. The van der Waals surface area contributed by atoms with Gasteiger partial charge in [-0.3, -0.25) is 4.79 Å². The van der Waals surface area contributed by atoms with E-state index in [9.17, 15) is 18.3 Å². The van der Waals surface area contributed by atoms with Crippen molar-refractivity contribution in [3.63, 3.8) is 0 Å². The van der Waals surface area contributed by atoms with Crippen molar-refractivity contribution < 1.29 is 23.1 Å². The van der Waals surface area contributed by atoms with Crippen LogP contribution in [0.25, 0.3) is 10.4 Å². The summed E-state index contributed by atoms with van der Waals surface area (Å²) in [6.07, 6.45) is 1.42. The molecule has 3 aromatic rings. The number of carbonyl (C=O) groups excluding carboxylic acids is 1. The molecule has 2 aliphatic rings. The number of thiophene rings is 1. The number of hydrogen-bond donors (Lipinski definition) is 2. The average Bonchev–Trinajstić information content (AvgIpc) is 3.23. The van der Waals surface area contributed by atoms with Gasteiger partial charge < -0.3 is 20.1 Å². The fourth-order valence-electron chi connectivity index (χ4n) is 4.78. The highest BCUT2D eigenvalue weighted by Gasteiger charge is 2.29. The van der Waals surface area contributed by atoms with Gasteiger partial charge in [0, 0.05) is 37.9 Å². The number of amides is 1. The van der Waals surface area contributed by atoms with Gasteiger partial charge in [-0.05, 0) is 52.0 Å². The summed E-state index contributed by atoms with van der Waals surface area (Å²) in [5.41, 5.74) is 2.59. The molecule has 11 heteroatoms. The zero-order valence-electron chi connectivity index (χ0n) is 20.8. The molecule has 3 heterocycles. The Morgan fingerprint density at radius 3 is 2.47 bits per heavy atom. The number of anilines is 1. The Bertz CT molecular complexity index is 1380. The lowest BCUT2D eigenvalue weighted by molar-refractivity contribution is 0.0304. The van der Waals surface area contributed by atoms with E-state index in [1.54, 1.807) is 9.21 Å². The molecule has 1 aromatic heterocycles. The Labute approximate surface area is 235 Å². The molecular formula is C27H30BrN3O5S2. The molecule has 0 aliphatic carbocycles. The Kier molecular flexibility index (Phi) is 8.39. The fourth-order valence-corrected chi connectivity index (χ4v) is 8.20. The van der Waals surface area contributed by atoms with Crippen molar-refractivity contribution in [1.82, 2.24) is 9.21 Å². The molecule has 0 atom stereocenters. The Balaban J connectivity index is 1.23. The molecule has 0 radical (unpaired) electrons. The smallest absolute Gasteiger partial charge is 0.267 e. The summed E-state index contributed by atoms with van der Waals surface area (Å²) >= 11 is 4.75. The third-order valence-corrected chi connectivity index (χ3v) is 11.0. The van der Waals surface area contributed by atoms with Crippen molar-refractivity contribution in [2.45, 2.75) is 24.6 Å². The number of morpholine rings is 1. The summed E-state index contributed by atoms with van der Waals surface area (Å²) < 4.78 is 33.2. The normalized spacial score (nSPS) is 17.4. The summed E-state index contributed by atoms with van der Waals surface area (Å²) in [5, 5.41) is 14.3. The van der Waals surface area contributed by atoms with E-state index < -0.39 is 10.0 Å². The zero-order chi connectivity index (χ0) is 26.7. The highest BCUT2D eigenvalue weighted by atomic mass is 79.9. The van der Waals surface area contributed by atoms with E-state index in [2.05, 4.69) is 21.2 Å². The predicted octanol–water partition coefficient (Wildman–Crippen LogP) is 4.76. The van der Waals surface area contributed by atoms with Gasteiger partial charge in [0.1, 0.15) is 4.88 Å². The number of rotatable bonds is 7. The van der Waals surface area contributed by atoms with E-state index in [0.717, 1.165) is 21.7 Å². The summed E-state index contributed by atoms with van der Waals surface area (Å²) in [6.45, 7) is 2.96. The Morgan fingerprint density at radius 1 is 1.05 bits per heavy atom. The summed E-state index contributed by atoms with van der Waals surface area (Å²) in [7, 11) is -3.36. The predicted molar refractivity (Wildman–Crippen MR) is 153 cm³/mol. The van der Waals surface area contributed by atoms with Crippen LogP contribution < -0.4 is 5.32 Å². The molecular weight excluding hydrogens is 590 g/mol. The van der Waals surface area contributed by atoms with E-state index in [4.69, 9.17) is 4.74 Å². The second kappa shape index (κ2) is 11.7. The maximum atomic E-state index is 13.0. The first-order valence-corrected chi connectivity index (χ1v) is 15.8. The number of ether oxygens (including phenoxy) is 1. The molecule has 2 saturated heterocycles. The SMILES string of the molecule is O=C(c1sc(-c2cccc(NC3CCN(S(=O)(=O)Cc4ccccc4)CC3)c2)c(Br)c1O)N1CCOCC1. The van der Waals surface area contributed by atoms with Gasteiger partial charge in [-0.2, -0.15) is 0 Å². The molecule has 8 nitrogen and oxygen atoms in total. The molecule has 2 fully saturated rings. The van der Waals surface area contributed by atoms with E-state index in [1.165, 1.54) is 11.3 Å². The van der Waals surface area contributed by atoms with E-state index in [1.807, 2.05) is 54.6 Å². The molecule has 2 aliphatic heterocycles. The first-order valence-electron chi connectivity index (χ1n) is 12.6. The van der Waals surface area contributed by atoms with Gasteiger partial charge in [0.15, 0.2) is 5.75 Å². The first-order chi connectivity index (χ1) is 18.3. The van der Waals surface area contributed by atoms with Crippen molar-refractivity contribution in [1.29, 1.82) is 0 Å². The van der Waals surface area contributed by atoms with Crippen LogP contribution in [0.5, 0.6) is 5.75 Å². The van der Waals surface area contributed by atoms with E-state index in [0.29, 0.717) is 61.6 Å². The van der Waals surface area contributed by atoms with Crippen LogP contribution in [0.2, 0.25) is 0 Å². The molecule has 5 rings (SSSR count). The molecule has 0 bridgehead atoms. The number of nitrogens with zero attached hydrogens (tertiary/aromatic N) is 2. The second-order valence-electron chi connectivity index (χ2n) is 9.47. The van der Waals surface area contributed by atoms with Gasteiger partial charge in [0.2, 0.25) is 10.0 Å². The summed E-state index contributed by atoms with van der Waals surface area (Å²) in [6, 6.07) is 17.3. The number of sulfonamides is 1. The van der Waals surface area contributed by atoms with Crippen LogP contribution in [0, 0.1) is 0 Å². The fraction of sp³-hybridized carbons (Fsp3) is 0.370. The third-order valence-electron chi connectivity index (χ3n) is 6.85. The number of piperidine rings is 1. The molecule has 0 saturated carbocycles. The molecule has 2 aromatic carbocycles. The van der Waals surface area contributed by atoms with Crippen molar-refractivity contribution in [3.8, 4) is 16.2 Å². The van der Waals surface area contributed by atoms with Crippen molar-refractivity contribution in [3.05, 3.63) is 69.5 Å². The Morgan fingerprint density at radius 2 is 1.76 bits per heavy atom. The van der Waals surface area contributed by atoms with Gasteiger partial charge in [-0.1, -0.05) is 42.5 Å². The lowest BCUT2D eigenvalue weighted by Crippen LogP contribution is -2.42. The van der Waals surface area contributed by atoms with Crippen molar-refractivity contribution >= 4 is 48.9 Å². The lowest BCUT2D eigenvalue weighted by atomic mass is 10.1. The van der Waals surface area contributed by atoms with Gasteiger partial charge in [0.05, 0.1) is 28.3 Å².